The third-order valence-corrected chi connectivity index (χ3v) is 2.35. The highest BCUT2D eigenvalue weighted by Gasteiger charge is 2.44. The summed E-state index contributed by atoms with van der Waals surface area (Å²) in [5.41, 5.74) is 0. The molecule has 5 atom stereocenters. The molecular weight excluding hydrogens is 220 g/mol. The van der Waals surface area contributed by atoms with Crippen molar-refractivity contribution in [2.24, 2.45) is 0 Å². The zero-order valence-electron chi connectivity index (χ0n) is 9.07. The quantitative estimate of drug-likeness (QED) is 0.487. The molecule has 1 heterocycles. The normalized spacial score (nSPS) is 39.4. The second-order valence-corrected chi connectivity index (χ2v) is 3.55. The number of hydrogen-bond donors (Lipinski definition) is 3. The topological polar surface area (TPSA) is 105 Å². The molecule has 1 aliphatic rings. The fourth-order valence-corrected chi connectivity index (χ4v) is 1.45. The number of methoxy groups -OCH3 is 1. The number of carbonyl (C=O) groups is 1. The van der Waals surface area contributed by atoms with Gasteiger partial charge in [-0.1, -0.05) is 0 Å². The first-order valence-electron chi connectivity index (χ1n) is 4.83. The number of aliphatic hydroxyl groups is 3. The molecule has 1 rings (SSSR count). The Labute approximate surface area is 92.5 Å². The van der Waals surface area contributed by atoms with Crippen molar-refractivity contribution in [2.75, 3.05) is 13.7 Å². The summed E-state index contributed by atoms with van der Waals surface area (Å²) in [6.45, 7) is 1.01. The molecule has 0 amide bonds. The van der Waals surface area contributed by atoms with Crippen molar-refractivity contribution < 1.29 is 34.3 Å². The summed E-state index contributed by atoms with van der Waals surface area (Å²) in [7, 11) is 1.29. The van der Waals surface area contributed by atoms with Gasteiger partial charge in [-0.15, -0.1) is 0 Å². The van der Waals surface area contributed by atoms with E-state index in [0.717, 1.165) is 0 Å². The lowest BCUT2D eigenvalue weighted by Crippen LogP contribution is -2.59. The molecule has 0 aromatic rings. The maximum Gasteiger partial charge on any atom is 0.302 e. The molecule has 0 aromatic heterocycles. The average Bonchev–Trinajstić information content (AvgIpc) is 2.25. The van der Waals surface area contributed by atoms with Crippen LogP contribution in [0.5, 0.6) is 0 Å². The second kappa shape index (κ2) is 5.55. The van der Waals surface area contributed by atoms with E-state index in [1.54, 1.807) is 0 Å². The molecule has 7 heteroatoms. The first kappa shape index (κ1) is 13.3. The van der Waals surface area contributed by atoms with Crippen LogP contribution in [0.25, 0.3) is 0 Å². The highest BCUT2D eigenvalue weighted by Crippen LogP contribution is 2.21. The molecule has 3 N–H and O–H groups in total. The van der Waals surface area contributed by atoms with Gasteiger partial charge in [0, 0.05) is 14.0 Å². The Kier molecular flexibility index (Phi) is 4.63. The van der Waals surface area contributed by atoms with Gasteiger partial charge in [0.05, 0.1) is 0 Å². The molecule has 7 nitrogen and oxygen atoms in total. The third kappa shape index (κ3) is 2.89. The lowest BCUT2D eigenvalue weighted by atomic mass is 9.99. The lowest BCUT2D eigenvalue weighted by molar-refractivity contribution is -0.295. The Balaban J connectivity index is 2.60. The van der Waals surface area contributed by atoms with Crippen molar-refractivity contribution in [3.63, 3.8) is 0 Å². The van der Waals surface area contributed by atoms with Crippen molar-refractivity contribution >= 4 is 5.97 Å². The third-order valence-electron chi connectivity index (χ3n) is 2.35. The molecule has 1 aliphatic heterocycles. The van der Waals surface area contributed by atoms with E-state index in [-0.39, 0.29) is 6.61 Å². The van der Waals surface area contributed by atoms with E-state index in [0.29, 0.717) is 0 Å². The van der Waals surface area contributed by atoms with Crippen LogP contribution in [0.3, 0.4) is 0 Å². The van der Waals surface area contributed by atoms with Gasteiger partial charge in [0.25, 0.3) is 0 Å². The maximum absolute atomic E-state index is 10.6. The van der Waals surface area contributed by atoms with Crippen molar-refractivity contribution in [1.82, 2.24) is 0 Å². The predicted octanol–water partition coefficient (Wildman–Crippen LogP) is -2.00. The number of esters is 1. The Bertz CT molecular complexity index is 242. The van der Waals surface area contributed by atoms with Crippen LogP contribution in [0.15, 0.2) is 0 Å². The molecule has 0 aromatic carbocycles. The van der Waals surface area contributed by atoms with Crippen molar-refractivity contribution in [2.45, 2.75) is 37.6 Å². The molecule has 94 valence electrons. The summed E-state index contributed by atoms with van der Waals surface area (Å²) in [4.78, 5) is 10.6. The van der Waals surface area contributed by atoms with Gasteiger partial charge in [0.15, 0.2) is 6.29 Å². The Morgan fingerprint density at radius 2 is 1.88 bits per heavy atom. The summed E-state index contributed by atoms with van der Waals surface area (Å²) in [6, 6.07) is 0. The molecule has 1 saturated heterocycles. The molecule has 0 spiro atoms. The molecular formula is C9H16O7. The first-order chi connectivity index (χ1) is 7.47. The van der Waals surface area contributed by atoms with Gasteiger partial charge >= 0.3 is 5.97 Å². The summed E-state index contributed by atoms with van der Waals surface area (Å²) in [6.07, 6.45) is -6.06. The van der Waals surface area contributed by atoms with Crippen LogP contribution in [-0.2, 0) is 19.0 Å². The van der Waals surface area contributed by atoms with E-state index in [1.807, 2.05) is 0 Å². The van der Waals surface area contributed by atoms with Crippen LogP contribution in [0, 0.1) is 0 Å². The monoisotopic (exact) mass is 236 g/mol. The van der Waals surface area contributed by atoms with Gasteiger partial charge in [-0.05, 0) is 0 Å². The van der Waals surface area contributed by atoms with Crippen LogP contribution >= 0.6 is 0 Å². The zero-order chi connectivity index (χ0) is 12.3. The SMILES string of the molecule is COC1OC(COC(C)=O)C(O)C(O)C1O. The molecule has 0 aliphatic carbocycles. The molecule has 1 fully saturated rings. The van der Waals surface area contributed by atoms with E-state index < -0.39 is 36.7 Å². The van der Waals surface area contributed by atoms with E-state index >= 15 is 0 Å². The maximum atomic E-state index is 10.6. The van der Waals surface area contributed by atoms with Gasteiger partial charge in [0.1, 0.15) is 31.0 Å². The Morgan fingerprint density at radius 3 is 2.38 bits per heavy atom. The van der Waals surface area contributed by atoms with Gasteiger partial charge < -0.3 is 29.5 Å². The van der Waals surface area contributed by atoms with Crippen LogP contribution < -0.4 is 0 Å². The molecule has 0 saturated carbocycles. The van der Waals surface area contributed by atoms with E-state index in [4.69, 9.17) is 9.47 Å². The number of carbonyl (C=O) groups excluding carboxylic acids is 1. The highest BCUT2D eigenvalue weighted by atomic mass is 16.7. The zero-order valence-corrected chi connectivity index (χ0v) is 9.07. The standard InChI is InChI=1S/C9H16O7/c1-4(10)15-3-5-6(11)7(12)8(13)9(14-2)16-5/h5-9,11-13H,3H2,1-2H3. The van der Waals surface area contributed by atoms with E-state index in [1.165, 1.54) is 14.0 Å². The number of rotatable bonds is 3. The van der Waals surface area contributed by atoms with E-state index in [9.17, 15) is 20.1 Å². The van der Waals surface area contributed by atoms with Crippen LogP contribution in [-0.4, -0.2) is 65.7 Å². The number of hydrogen-bond acceptors (Lipinski definition) is 7. The fraction of sp³-hybridized carbons (Fsp3) is 0.889. The van der Waals surface area contributed by atoms with Crippen LogP contribution in [0.1, 0.15) is 6.92 Å². The molecule has 0 radical (unpaired) electrons. The Morgan fingerprint density at radius 1 is 1.25 bits per heavy atom. The molecule has 5 unspecified atom stereocenters. The fourth-order valence-electron chi connectivity index (χ4n) is 1.45. The van der Waals surface area contributed by atoms with Crippen molar-refractivity contribution in [3.05, 3.63) is 0 Å². The van der Waals surface area contributed by atoms with Gasteiger partial charge in [-0.2, -0.15) is 0 Å². The lowest BCUT2D eigenvalue weighted by Gasteiger charge is -2.39. The largest absolute Gasteiger partial charge is 0.463 e. The predicted molar refractivity (Wildman–Crippen MR) is 50.3 cm³/mol. The van der Waals surface area contributed by atoms with Crippen molar-refractivity contribution in [1.29, 1.82) is 0 Å². The Hall–Kier alpha value is -0.730. The van der Waals surface area contributed by atoms with Crippen molar-refractivity contribution in [3.8, 4) is 0 Å². The van der Waals surface area contributed by atoms with Gasteiger partial charge in [0.2, 0.25) is 0 Å². The van der Waals surface area contributed by atoms with E-state index in [2.05, 4.69) is 4.74 Å². The molecule has 0 bridgehead atoms. The summed E-state index contributed by atoms with van der Waals surface area (Å²) >= 11 is 0. The van der Waals surface area contributed by atoms with Crippen LogP contribution in [0.2, 0.25) is 0 Å². The smallest absolute Gasteiger partial charge is 0.302 e. The number of aliphatic hydroxyl groups excluding tert-OH is 3. The van der Waals surface area contributed by atoms with Gasteiger partial charge in [-0.25, -0.2) is 0 Å². The van der Waals surface area contributed by atoms with Gasteiger partial charge in [-0.3, -0.25) is 4.79 Å². The average molecular weight is 236 g/mol. The number of ether oxygens (including phenoxy) is 3. The van der Waals surface area contributed by atoms with Crippen LogP contribution in [0.4, 0.5) is 0 Å². The minimum absolute atomic E-state index is 0.208. The second-order valence-electron chi connectivity index (χ2n) is 3.55. The molecule has 16 heavy (non-hydrogen) atoms. The highest BCUT2D eigenvalue weighted by molar-refractivity contribution is 5.65. The summed E-state index contributed by atoms with van der Waals surface area (Å²) < 4.78 is 14.6. The first-order valence-corrected chi connectivity index (χ1v) is 4.83. The minimum atomic E-state index is -1.40. The summed E-state index contributed by atoms with van der Waals surface area (Å²) in [5.74, 6) is -0.523. The summed E-state index contributed by atoms with van der Waals surface area (Å²) in [5, 5.41) is 28.5. The minimum Gasteiger partial charge on any atom is -0.463 e.